The number of halogens is 1. The van der Waals surface area contributed by atoms with E-state index in [-0.39, 0.29) is 11.9 Å². The molecule has 1 aromatic carbocycles. The van der Waals surface area contributed by atoms with E-state index in [0.29, 0.717) is 24.5 Å². The van der Waals surface area contributed by atoms with Crippen molar-refractivity contribution in [2.24, 2.45) is 5.73 Å². The van der Waals surface area contributed by atoms with Gasteiger partial charge in [0, 0.05) is 25.5 Å². The summed E-state index contributed by atoms with van der Waals surface area (Å²) in [5.74, 6) is 1.94. The lowest BCUT2D eigenvalue weighted by molar-refractivity contribution is 0.142. The minimum Gasteiger partial charge on any atom is -0.442 e. The van der Waals surface area contributed by atoms with Crippen LogP contribution in [-0.4, -0.2) is 49.9 Å². The average Bonchev–Trinajstić information content (AvgIpc) is 2.96. The molecule has 2 saturated heterocycles. The normalized spacial score (nSPS) is 21.6. The molecule has 3 N–H and O–H groups in total. The molecule has 0 saturated carbocycles. The maximum atomic E-state index is 14.7. The lowest BCUT2D eigenvalue weighted by atomic mass is 10.2. The average molecular weight is 380 g/mol. The Balaban J connectivity index is 1.67. The van der Waals surface area contributed by atoms with E-state index in [2.05, 4.69) is 10.2 Å². The molecule has 0 bridgehead atoms. The first kappa shape index (κ1) is 18.7. The van der Waals surface area contributed by atoms with Gasteiger partial charge in [0.05, 0.1) is 24.5 Å². The van der Waals surface area contributed by atoms with Crippen LogP contribution >= 0.6 is 11.8 Å². The predicted molar refractivity (Wildman–Crippen MR) is 104 cm³/mol. The van der Waals surface area contributed by atoms with E-state index in [1.54, 1.807) is 18.3 Å². The number of nitrogens with one attached hydrogen (secondary N) is 1. The number of thioether (sulfide) groups is 1. The van der Waals surface area contributed by atoms with E-state index in [0.717, 1.165) is 37.4 Å². The predicted octanol–water partition coefficient (Wildman–Crippen LogP) is 2.50. The summed E-state index contributed by atoms with van der Waals surface area (Å²) in [5.41, 5.74) is 6.40. The molecule has 2 fully saturated rings. The van der Waals surface area contributed by atoms with Crippen molar-refractivity contribution in [1.82, 2.24) is 5.32 Å². The van der Waals surface area contributed by atoms with E-state index >= 15 is 0 Å². The van der Waals surface area contributed by atoms with E-state index < -0.39 is 6.09 Å². The van der Waals surface area contributed by atoms with Gasteiger partial charge in [-0.1, -0.05) is 0 Å². The Morgan fingerprint density at radius 2 is 2.12 bits per heavy atom. The van der Waals surface area contributed by atoms with Gasteiger partial charge in [-0.3, -0.25) is 4.90 Å². The number of amides is 1. The number of carbonyl (C=O) groups excluding carboxylic acids is 1. The van der Waals surface area contributed by atoms with Gasteiger partial charge in [-0.2, -0.15) is 11.8 Å². The number of hydrogen-bond donors (Lipinski definition) is 2. The number of nitrogens with two attached hydrogens (primary N) is 1. The van der Waals surface area contributed by atoms with E-state index in [1.165, 1.54) is 17.2 Å². The first-order valence-corrected chi connectivity index (χ1v) is 10.0. The molecule has 2 aliphatic heterocycles. The van der Waals surface area contributed by atoms with Gasteiger partial charge in [-0.05, 0) is 42.5 Å². The molecule has 6 nitrogen and oxygen atoms in total. The third-order valence-electron chi connectivity index (χ3n) is 4.45. The Labute approximate surface area is 157 Å². The number of hydrogen-bond acceptors (Lipinski definition) is 6. The zero-order chi connectivity index (χ0) is 18.4. The fourth-order valence-electron chi connectivity index (χ4n) is 3.20. The maximum Gasteiger partial charge on any atom is 0.414 e. The van der Waals surface area contributed by atoms with Crippen molar-refractivity contribution in [3.63, 3.8) is 0 Å². The Hall–Kier alpha value is -2.09. The van der Waals surface area contributed by atoms with E-state index in [1.807, 2.05) is 11.8 Å². The highest BCUT2D eigenvalue weighted by Crippen LogP contribution is 2.29. The van der Waals surface area contributed by atoms with Crippen LogP contribution in [0, 0.1) is 5.82 Å². The van der Waals surface area contributed by atoms with Crippen LogP contribution in [0.15, 0.2) is 30.6 Å². The fourth-order valence-corrected chi connectivity index (χ4v) is 4.07. The van der Waals surface area contributed by atoms with Gasteiger partial charge < -0.3 is 20.7 Å². The molecule has 8 heteroatoms. The minimum atomic E-state index is -0.455. The molecule has 2 heterocycles. The quantitative estimate of drug-likeness (QED) is 0.818. The molecule has 0 radical (unpaired) electrons. The molecule has 0 aliphatic carbocycles. The summed E-state index contributed by atoms with van der Waals surface area (Å²) in [6, 6.07) is 5.00. The van der Waals surface area contributed by atoms with Crippen LogP contribution < -0.4 is 20.9 Å². The van der Waals surface area contributed by atoms with Crippen molar-refractivity contribution < 1.29 is 13.9 Å². The smallest absolute Gasteiger partial charge is 0.414 e. The summed E-state index contributed by atoms with van der Waals surface area (Å²) in [4.78, 5) is 15.7. The summed E-state index contributed by atoms with van der Waals surface area (Å²) in [6.07, 6.45) is 4.32. The van der Waals surface area contributed by atoms with Gasteiger partial charge in [0.1, 0.15) is 11.9 Å². The monoisotopic (exact) mass is 380 g/mol. The largest absolute Gasteiger partial charge is 0.442 e. The second kappa shape index (κ2) is 9.02. The molecule has 0 aromatic heterocycles. The Bertz CT molecular complexity index is 650. The van der Waals surface area contributed by atoms with E-state index in [9.17, 15) is 9.18 Å². The Morgan fingerprint density at radius 1 is 1.35 bits per heavy atom. The molecule has 1 atom stereocenters. The van der Waals surface area contributed by atoms with E-state index in [4.69, 9.17) is 10.5 Å². The van der Waals surface area contributed by atoms with Gasteiger partial charge >= 0.3 is 6.09 Å². The second-order valence-corrected chi connectivity index (χ2v) is 7.55. The van der Waals surface area contributed by atoms with Crippen LogP contribution in [0.1, 0.15) is 12.8 Å². The molecule has 3 rings (SSSR count). The van der Waals surface area contributed by atoms with Crippen molar-refractivity contribution in [2.45, 2.75) is 18.9 Å². The number of nitrogens with zero attached hydrogens (tertiary/aromatic N) is 2. The zero-order valence-electron chi connectivity index (χ0n) is 14.7. The van der Waals surface area contributed by atoms with Gasteiger partial charge in [0.2, 0.25) is 0 Å². The zero-order valence-corrected chi connectivity index (χ0v) is 15.5. The van der Waals surface area contributed by atoms with Gasteiger partial charge in [0.15, 0.2) is 0 Å². The van der Waals surface area contributed by atoms with Crippen LogP contribution in [0.3, 0.4) is 0 Å². The summed E-state index contributed by atoms with van der Waals surface area (Å²) in [5, 5.41) is 2.95. The molecule has 1 aromatic rings. The number of ether oxygens (including phenoxy) is 1. The summed E-state index contributed by atoms with van der Waals surface area (Å²) < 4.78 is 20.0. The third-order valence-corrected chi connectivity index (χ3v) is 5.61. The summed E-state index contributed by atoms with van der Waals surface area (Å²) in [7, 11) is 0. The standard InChI is InChI=1S/C18H25FN4O2S/c19-16-11-14(23-13-15(25-18(23)24)12-21-6-5-20)3-4-17(16)22-7-1-9-26-10-2-8-22/h3-6,11,15,21H,1-2,7-10,12-13,20H2/b6-5-/t15-/m0/s1. The summed E-state index contributed by atoms with van der Waals surface area (Å²) in [6.45, 7) is 2.56. The van der Waals surface area contributed by atoms with Crippen LogP contribution in [0.25, 0.3) is 0 Å². The Kier molecular flexibility index (Phi) is 6.49. The van der Waals surface area contributed by atoms with Crippen molar-refractivity contribution in [3.05, 3.63) is 36.4 Å². The lowest BCUT2D eigenvalue weighted by Gasteiger charge is -2.27. The first-order valence-electron chi connectivity index (χ1n) is 8.89. The van der Waals surface area contributed by atoms with Gasteiger partial charge in [-0.15, -0.1) is 0 Å². The maximum absolute atomic E-state index is 14.7. The topological polar surface area (TPSA) is 70.8 Å². The summed E-state index contributed by atoms with van der Waals surface area (Å²) >= 11 is 1.96. The molecule has 26 heavy (non-hydrogen) atoms. The van der Waals surface area contributed by atoms with Crippen molar-refractivity contribution in [2.75, 3.05) is 47.5 Å². The second-order valence-electron chi connectivity index (χ2n) is 6.33. The number of anilines is 2. The van der Waals surface area contributed by atoms with Crippen LogP contribution in [0.5, 0.6) is 0 Å². The van der Waals surface area contributed by atoms with Crippen LogP contribution in [0.2, 0.25) is 0 Å². The SMILES string of the molecule is N/C=C\NC[C@H]1CN(c2ccc(N3CCCSCCC3)c(F)c2)C(=O)O1. The molecule has 142 valence electrons. The fraction of sp³-hybridized carbons (Fsp3) is 0.500. The lowest BCUT2D eigenvalue weighted by Crippen LogP contribution is -2.30. The van der Waals surface area contributed by atoms with Gasteiger partial charge in [-0.25, -0.2) is 9.18 Å². The molecular weight excluding hydrogens is 355 g/mol. The number of benzene rings is 1. The molecule has 2 aliphatic rings. The number of rotatable bonds is 5. The molecule has 1 amide bonds. The van der Waals surface area contributed by atoms with Crippen molar-refractivity contribution >= 4 is 29.2 Å². The van der Waals surface area contributed by atoms with Crippen LogP contribution in [-0.2, 0) is 4.74 Å². The highest BCUT2D eigenvalue weighted by atomic mass is 32.2. The number of carbonyl (C=O) groups is 1. The highest BCUT2D eigenvalue weighted by Gasteiger charge is 2.32. The first-order chi connectivity index (χ1) is 12.7. The van der Waals surface area contributed by atoms with Crippen molar-refractivity contribution in [1.29, 1.82) is 0 Å². The number of cyclic esters (lactones) is 1. The van der Waals surface area contributed by atoms with Crippen LogP contribution in [0.4, 0.5) is 20.6 Å². The van der Waals surface area contributed by atoms with Gasteiger partial charge in [0.25, 0.3) is 0 Å². The van der Waals surface area contributed by atoms with Crippen molar-refractivity contribution in [3.8, 4) is 0 Å². The molecular formula is C18H25FN4O2S. The molecule has 0 spiro atoms. The minimum absolute atomic E-state index is 0.295. The molecule has 0 unspecified atom stereocenters. The third kappa shape index (κ3) is 4.55. The highest BCUT2D eigenvalue weighted by molar-refractivity contribution is 7.99. The Morgan fingerprint density at radius 3 is 2.81 bits per heavy atom.